The van der Waals surface area contributed by atoms with E-state index in [0.29, 0.717) is 38.3 Å². The number of nitrogens with zero attached hydrogens (tertiary/aromatic N) is 1. The van der Waals surface area contributed by atoms with Gasteiger partial charge in [0, 0.05) is 19.6 Å². The van der Waals surface area contributed by atoms with Gasteiger partial charge in [0.2, 0.25) is 0 Å². The molecule has 0 radical (unpaired) electrons. The molecule has 2 heterocycles. The second kappa shape index (κ2) is 7.99. The smallest absolute Gasteiger partial charge is 0.161 e. The van der Waals surface area contributed by atoms with Gasteiger partial charge in [-0.15, -0.1) is 0 Å². The van der Waals surface area contributed by atoms with E-state index < -0.39 is 11.7 Å². The van der Waals surface area contributed by atoms with Crippen molar-refractivity contribution in [2.75, 3.05) is 40.0 Å². The predicted octanol–water partition coefficient (Wildman–Crippen LogP) is 2.48. The third kappa shape index (κ3) is 3.94. The van der Waals surface area contributed by atoms with Gasteiger partial charge in [0.25, 0.3) is 0 Å². The summed E-state index contributed by atoms with van der Waals surface area (Å²) < 4.78 is 16.3. The third-order valence-corrected chi connectivity index (χ3v) is 5.69. The van der Waals surface area contributed by atoms with Crippen molar-refractivity contribution in [1.82, 2.24) is 4.90 Å². The zero-order valence-electron chi connectivity index (χ0n) is 16.1. The molecule has 2 aromatic carbocycles. The highest BCUT2D eigenvalue weighted by molar-refractivity contribution is 5.44. The Labute approximate surface area is 165 Å². The number of methoxy groups -OCH3 is 1. The van der Waals surface area contributed by atoms with Crippen molar-refractivity contribution in [1.29, 1.82) is 0 Å². The number of hydrogen-bond acceptors (Lipinski definition) is 6. The molecule has 0 spiro atoms. The lowest BCUT2D eigenvalue weighted by Crippen LogP contribution is -2.43. The number of likely N-dealkylation sites (tertiary alicyclic amines) is 1. The molecule has 1 fully saturated rings. The standard InChI is InChI=1S/C22H27NO5/c1-26-18-5-3-17(4-6-18)22(25)8-10-23(11-9-22)15-19(24)16-2-7-20-21(14-16)28-13-12-27-20/h2-7,14,19,24-25H,8-13,15H2,1H3. The number of benzene rings is 2. The van der Waals surface area contributed by atoms with E-state index in [0.717, 1.165) is 35.7 Å². The zero-order chi connectivity index (χ0) is 19.6. The van der Waals surface area contributed by atoms with Crippen molar-refractivity contribution in [2.24, 2.45) is 0 Å². The molecule has 0 aliphatic carbocycles. The van der Waals surface area contributed by atoms with Crippen LogP contribution in [0.5, 0.6) is 17.2 Å². The Morgan fingerprint density at radius 3 is 2.39 bits per heavy atom. The minimum Gasteiger partial charge on any atom is -0.497 e. The van der Waals surface area contributed by atoms with Crippen LogP contribution in [0.3, 0.4) is 0 Å². The molecule has 2 aliphatic rings. The van der Waals surface area contributed by atoms with E-state index in [9.17, 15) is 10.2 Å². The summed E-state index contributed by atoms with van der Waals surface area (Å²) in [5, 5.41) is 21.7. The Morgan fingerprint density at radius 1 is 1.04 bits per heavy atom. The third-order valence-electron chi connectivity index (χ3n) is 5.69. The highest BCUT2D eigenvalue weighted by Crippen LogP contribution is 2.35. The number of aliphatic hydroxyl groups is 2. The predicted molar refractivity (Wildman–Crippen MR) is 105 cm³/mol. The Kier molecular flexibility index (Phi) is 5.44. The van der Waals surface area contributed by atoms with Crippen molar-refractivity contribution in [3.8, 4) is 17.2 Å². The highest BCUT2D eigenvalue weighted by atomic mass is 16.6. The van der Waals surface area contributed by atoms with Gasteiger partial charge in [0.15, 0.2) is 11.5 Å². The maximum atomic E-state index is 11.0. The Hall–Kier alpha value is -2.28. The van der Waals surface area contributed by atoms with Gasteiger partial charge < -0.3 is 29.3 Å². The minimum atomic E-state index is -0.829. The van der Waals surface area contributed by atoms with Crippen LogP contribution in [0.15, 0.2) is 42.5 Å². The number of β-amino-alcohol motifs (C(OH)–C–C–N with tert-alkyl or cyclic N) is 1. The van der Waals surface area contributed by atoms with Gasteiger partial charge >= 0.3 is 0 Å². The van der Waals surface area contributed by atoms with E-state index in [1.807, 2.05) is 42.5 Å². The minimum absolute atomic E-state index is 0.526. The summed E-state index contributed by atoms with van der Waals surface area (Å²) in [4.78, 5) is 2.19. The number of rotatable bonds is 5. The summed E-state index contributed by atoms with van der Waals surface area (Å²) in [7, 11) is 1.63. The fraction of sp³-hybridized carbons (Fsp3) is 0.455. The van der Waals surface area contributed by atoms with Gasteiger partial charge in [-0.25, -0.2) is 0 Å². The van der Waals surface area contributed by atoms with Crippen LogP contribution in [0.4, 0.5) is 0 Å². The van der Waals surface area contributed by atoms with Gasteiger partial charge in [-0.05, 0) is 48.2 Å². The van der Waals surface area contributed by atoms with Crippen LogP contribution in [0.2, 0.25) is 0 Å². The quantitative estimate of drug-likeness (QED) is 0.824. The number of piperidine rings is 1. The zero-order valence-corrected chi connectivity index (χ0v) is 16.1. The molecular weight excluding hydrogens is 358 g/mol. The van der Waals surface area contributed by atoms with Crippen molar-refractivity contribution in [3.63, 3.8) is 0 Å². The monoisotopic (exact) mass is 385 g/mol. The molecule has 6 nitrogen and oxygen atoms in total. The van der Waals surface area contributed by atoms with E-state index >= 15 is 0 Å². The molecule has 2 N–H and O–H groups in total. The molecule has 28 heavy (non-hydrogen) atoms. The molecule has 2 aliphatic heterocycles. The van der Waals surface area contributed by atoms with Crippen molar-refractivity contribution < 1.29 is 24.4 Å². The molecule has 2 aromatic rings. The second-order valence-corrected chi connectivity index (χ2v) is 7.48. The van der Waals surface area contributed by atoms with E-state index in [2.05, 4.69) is 4.90 Å². The van der Waals surface area contributed by atoms with Gasteiger partial charge in [0.05, 0.1) is 18.8 Å². The van der Waals surface area contributed by atoms with Crippen molar-refractivity contribution >= 4 is 0 Å². The Balaban J connectivity index is 1.36. The van der Waals surface area contributed by atoms with Crippen LogP contribution < -0.4 is 14.2 Å². The van der Waals surface area contributed by atoms with E-state index in [1.54, 1.807) is 7.11 Å². The average Bonchev–Trinajstić information content (AvgIpc) is 2.75. The summed E-state index contributed by atoms with van der Waals surface area (Å²) in [6, 6.07) is 13.2. The van der Waals surface area contributed by atoms with Gasteiger partial charge in [0.1, 0.15) is 19.0 Å². The van der Waals surface area contributed by atoms with Gasteiger partial charge in [-0.2, -0.15) is 0 Å². The van der Waals surface area contributed by atoms with Gasteiger partial charge in [-0.1, -0.05) is 18.2 Å². The van der Waals surface area contributed by atoms with E-state index in [4.69, 9.17) is 14.2 Å². The van der Waals surface area contributed by atoms with E-state index in [1.165, 1.54) is 0 Å². The lowest BCUT2D eigenvalue weighted by atomic mass is 9.84. The lowest BCUT2D eigenvalue weighted by Gasteiger charge is -2.39. The lowest BCUT2D eigenvalue weighted by molar-refractivity contribution is -0.0345. The molecule has 6 heteroatoms. The maximum Gasteiger partial charge on any atom is 0.161 e. The molecule has 150 valence electrons. The van der Waals surface area contributed by atoms with Crippen LogP contribution in [0, 0.1) is 0 Å². The number of aliphatic hydroxyl groups excluding tert-OH is 1. The molecule has 0 aromatic heterocycles. The molecule has 4 rings (SSSR count). The molecule has 1 atom stereocenters. The van der Waals surface area contributed by atoms with Crippen LogP contribution >= 0.6 is 0 Å². The second-order valence-electron chi connectivity index (χ2n) is 7.48. The van der Waals surface area contributed by atoms with Crippen LogP contribution in [-0.2, 0) is 5.60 Å². The van der Waals surface area contributed by atoms with Crippen LogP contribution in [-0.4, -0.2) is 55.1 Å². The average molecular weight is 385 g/mol. The van der Waals surface area contributed by atoms with Gasteiger partial charge in [-0.3, -0.25) is 0 Å². The highest BCUT2D eigenvalue weighted by Gasteiger charge is 2.34. The van der Waals surface area contributed by atoms with Crippen molar-refractivity contribution in [3.05, 3.63) is 53.6 Å². The summed E-state index contributed by atoms with van der Waals surface area (Å²) >= 11 is 0. The SMILES string of the molecule is COc1ccc(C2(O)CCN(CC(O)c3ccc4c(c3)OCCO4)CC2)cc1. The van der Waals surface area contributed by atoms with E-state index in [-0.39, 0.29) is 0 Å². The van der Waals surface area contributed by atoms with Crippen LogP contribution in [0.25, 0.3) is 0 Å². The first-order chi connectivity index (χ1) is 13.6. The molecule has 1 saturated heterocycles. The van der Waals surface area contributed by atoms with Crippen molar-refractivity contribution in [2.45, 2.75) is 24.5 Å². The largest absolute Gasteiger partial charge is 0.497 e. The Bertz CT molecular complexity index is 799. The molecule has 0 amide bonds. The summed E-state index contributed by atoms with van der Waals surface area (Å²) in [6.07, 6.45) is 0.656. The van der Waals surface area contributed by atoms with Crippen LogP contribution in [0.1, 0.15) is 30.1 Å². The summed E-state index contributed by atoms with van der Waals surface area (Å²) in [6.45, 7) is 3.06. The first kappa shape index (κ1) is 19.1. The maximum absolute atomic E-state index is 11.0. The summed E-state index contributed by atoms with van der Waals surface area (Å²) in [5.74, 6) is 2.20. The summed E-state index contributed by atoms with van der Waals surface area (Å²) in [5.41, 5.74) is 0.908. The number of ether oxygens (including phenoxy) is 3. The number of fused-ring (bicyclic) bond motifs is 1. The topological polar surface area (TPSA) is 71.4 Å². The molecule has 0 saturated carbocycles. The normalized spacial score (nSPS) is 19.8. The molecule has 0 bridgehead atoms. The fourth-order valence-electron chi connectivity index (χ4n) is 3.91. The molecule has 1 unspecified atom stereocenters. The molecular formula is C22H27NO5. The number of hydrogen-bond donors (Lipinski definition) is 2. The first-order valence-electron chi connectivity index (χ1n) is 9.74. The fourth-order valence-corrected chi connectivity index (χ4v) is 3.91. The first-order valence-corrected chi connectivity index (χ1v) is 9.74. The Morgan fingerprint density at radius 2 is 1.71 bits per heavy atom.